The van der Waals surface area contributed by atoms with Crippen molar-refractivity contribution in [2.75, 3.05) is 7.11 Å². The fourth-order valence-electron chi connectivity index (χ4n) is 3.00. The van der Waals surface area contributed by atoms with E-state index in [1.165, 1.54) is 22.5 Å². The topological polar surface area (TPSA) is 45.9 Å². The van der Waals surface area contributed by atoms with Crippen molar-refractivity contribution in [1.29, 1.82) is 5.26 Å². The number of thiazole rings is 1. The molecule has 1 aromatic heterocycles. The fraction of sp³-hybridized carbons (Fsp3) is 0.0400. The zero-order chi connectivity index (χ0) is 20.1. The van der Waals surface area contributed by atoms with Gasteiger partial charge in [-0.1, -0.05) is 66.7 Å². The van der Waals surface area contributed by atoms with E-state index in [0.717, 1.165) is 22.6 Å². The Morgan fingerprint density at radius 2 is 1.55 bits per heavy atom. The maximum atomic E-state index is 9.61. The molecule has 29 heavy (non-hydrogen) atoms. The lowest BCUT2D eigenvalue weighted by molar-refractivity contribution is 0.415. The van der Waals surface area contributed by atoms with Gasteiger partial charge in [0.1, 0.15) is 16.8 Å². The molecule has 0 bridgehead atoms. The summed E-state index contributed by atoms with van der Waals surface area (Å²) in [5, 5.41) is 12.3. The number of hydrogen-bond donors (Lipinski definition) is 0. The van der Waals surface area contributed by atoms with E-state index in [-0.39, 0.29) is 0 Å². The molecule has 0 aliphatic heterocycles. The molecule has 0 N–H and O–H groups in total. The summed E-state index contributed by atoms with van der Waals surface area (Å²) in [6.07, 6.45) is 1.85. The molecule has 0 unspecified atom stereocenters. The van der Waals surface area contributed by atoms with Crippen LogP contribution in [0.1, 0.15) is 10.6 Å². The van der Waals surface area contributed by atoms with E-state index in [4.69, 9.17) is 4.74 Å². The lowest BCUT2D eigenvalue weighted by atomic mass is 10.0. The van der Waals surface area contributed by atoms with Gasteiger partial charge in [0.15, 0.2) is 0 Å². The first-order valence-corrected chi connectivity index (χ1v) is 10.0. The normalized spacial score (nSPS) is 11.1. The minimum atomic E-state index is 0.548. The molecule has 0 amide bonds. The third kappa shape index (κ3) is 4.26. The van der Waals surface area contributed by atoms with Crippen LogP contribution >= 0.6 is 11.3 Å². The molecule has 0 aliphatic carbocycles. The van der Waals surface area contributed by atoms with Crippen LogP contribution in [-0.4, -0.2) is 12.1 Å². The van der Waals surface area contributed by atoms with Crippen LogP contribution in [0.3, 0.4) is 0 Å². The van der Waals surface area contributed by atoms with E-state index in [2.05, 4.69) is 47.5 Å². The number of nitrogens with zero attached hydrogens (tertiary/aromatic N) is 2. The van der Waals surface area contributed by atoms with Crippen molar-refractivity contribution in [1.82, 2.24) is 4.98 Å². The lowest BCUT2D eigenvalue weighted by Crippen LogP contribution is -1.85. The molecule has 0 atom stereocenters. The molecule has 0 aliphatic rings. The monoisotopic (exact) mass is 394 g/mol. The summed E-state index contributed by atoms with van der Waals surface area (Å²) in [6.45, 7) is 0. The minimum absolute atomic E-state index is 0.548. The molecule has 0 saturated carbocycles. The Morgan fingerprint density at radius 1 is 0.897 bits per heavy atom. The Kier molecular flexibility index (Phi) is 5.51. The van der Waals surface area contributed by atoms with Gasteiger partial charge in [-0.3, -0.25) is 0 Å². The van der Waals surface area contributed by atoms with Crippen LogP contribution in [0, 0.1) is 11.3 Å². The summed E-state index contributed by atoms with van der Waals surface area (Å²) in [4.78, 5) is 4.69. The van der Waals surface area contributed by atoms with Gasteiger partial charge in [0.25, 0.3) is 0 Å². The zero-order valence-corrected chi connectivity index (χ0v) is 16.7. The van der Waals surface area contributed by atoms with E-state index in [0.29, 0.717) is 10.6 Å². The van der Waals surface area contributed by atoms with E-state index < -0.39 is 0 Å². The van der Waals surface area contributed by atoms with Gasteiger partial charge in [-0.25, -0.2) is 4.98 Å². The molecule has 4 rings (SSSR count). The van der Waals surface area contributed by atoms with Crippen molar-refractivity contribution < 1.29 is 4.74 Å². The second-order valence-electron chi connectivity index (χ2n) is 6.42. The summed E-state index contributed by atoms with van der Waals surface area (Å²) in [5.41, 5.74) is 5.75. The summed E-state index contributed by atoms with van der Waals surface area (Å²) in [5.74, 6) is 0.788. The molecule has 0 radical (unpaired) electrons. The number of hydrogen-bond acceptors (Lipinski definition) is 4. The van der Waals surface area contributed by atoms with Gasteiger partial charge in [0, 0.05) is 10.9 Å². The molecule has 0 fully saturated rings. The van der Waals surface area contributed by atoms with Crippen LogP contribution in [0.15, 0.2) is 84.2 Å². The fourth-order valence-corrected chi connectivity index (χ4v) is 3.80. The van der Waals surface area contributed by atoms with Gasteiger partial charge in [-0.2, -0.15) is 5.26 Å². The Balaban J connectivity index is 1.58. The second-order valence-corrected chi connectivity index (χ2v) is 7.28. The highest BCUT2D eigenvalue weighted by Gasteiger charge is 2.09. The van der Waals surface area contributed by atoms with Gasteiger partial charge in [0.05, 0.1) is 18.4 Å². The third-order valence-corrected chi connectivity index (χ3v) is 5.45. The first kappa shape index (κ1) is 18.7. The minimum Gasteiger partial charge on any atom is -0.497 e. The van der Waals surface area contributed by atoms with Crippen LogP contribution in [0.4, 0.5) is 0 Å². The van der Waals surface area contributed by atoms with Gasteiger partial charge in [0.2, 0.25) is 0 Å². The van der Waals surface area contributed by atoms with Gasteiger partial charge in [-0.15, -0.1) is 11.3 Å². The maximum Gasteiger partial charge on any atom is 0.134 e. The molecule has 4 heteroatoms. The number of benzene rings is 3. The number of methoxy groups -OCH3 is 1. The number of rotatable bonds is 5. The highest BCUT2D eigenvalue weighted by molar-refractivity contribution is 7.11. The summed E-state index contributed by atoms with van der Waals surface area (Å²) in [6, 6.07) is 28.5. The number of ether oxygens (including phenoxy) is 1. The van der Waals surface area contributed by atoms with Crippen LogP contribution < -0.4 is 4.74 Å². The van der Waals surface area contributed by atoms with Crippen molar-refractivity contribution in [2.45, 2.75) is 0 Å². The Bertz CT molecular complexity index is 1170. The highest BCUT2D eigenvalue weighted by atomic mass is 32.1. The molecular formula is C25H18N2OS. The van der Waals surface area contributed by atoms with Gasteiger partial charge < -0.3 is 4.74 Å². The zero-order valence-electron chi connectivity index (χ0n) is 15.9. The Hall–Kier alpha value is -3.68. The second kappa shape index (κ2) is 8.55. The first-order chi connectivity index (χ1) is 14.3. The van der Waals surface area contributed by atoms with Gasteiger partial charge >= 0.3 is 0 Å². The van der Waals surface area contributed by atoms with Crippen molar-refractivity contribution in [3.63, 3.8) is 0 Å². The SMILES string of the molecule is COc1ccc(C=C(C#N)c2nc(-c3ccc(-c4ccccc4)cc3)cs2)cc1. The van der Waals surface area contributed by atoms with E-state index in [1.807, 2.05) is 53.9 Å². The van der Waals surface area contributed by atoms with E-state index in [1.54, 1.807) is 7.11 Å². The Morgan fingerprint density at radius 3 is 2.21 bits per heavy atom. The molecule has 3 aromatic carbocycles. The maximum absolute atomic E-state index is 9.61. The standard InChI is InChI=1S/C25H18N2OS/c1-28-23-13-7-18(8-14-23)15-22(16-26)25-27-24(17-29-25)21-11-9-20(10-12-21)19-5-3-2-4-6-19/h2-15,17H,1H3. The number of allylic oxidation sites excluding steroid dienone is 1. The average molecular weight is 394 g/mol. The summed E-state index contributed by atoms with van der Waals surface area (Å²) >= 11 is 1.48. The molecular weight excluding hydrogens is 376 g/mol. The Labute approximate surface area is 174 Å². The number of nitriles is 1. The molecule has 4 aromatic rings. The first-order valence-electron chi connectivity index (χ1n) is 9.14. The molecule has 3 nitrogen and oxygen atoms in total. The molecule has 140 valence electrons. The van der Waals surface area contributed by atoms with Crippen molar-refractivity contribution >= 4 is 23.0 Å². The lowest BCUT2D eigenvalue weighted by Gasteiger charge is -2.03. The molecule has 0 spiro atoms. The molecule has 1 heterocycles. The van der Waals surface area contributed by atoms with E-state index in [9.17, 15) is 5.26 Å². The van der Waals surface area contributed by atoms with E-state index >= 15 is 0 Å². The van der Waals surface area contributed by atoms with Crippen LogP contribution in [0.2, 0.25) is 0 Å². The van der Waals surface area contributed by atoms with Crippen LogP contribution in [0.5, 0.6) is 5.75 Å². The number of aromatic nitrogens is 1. The average Bonchev–Trinajstić information content (AvgIpc) is 3.29. The van der Waals surface area contributed by atoms with Crippen molar-refractivity contribution in [3.05, 3.63) is 94.8 Å². The van der Waals surface area contributed by atoms with Crippen LogP contribution in [0.25, 0.3) is 34.0 Å². The summed E-state index contributed by atoms with van der Waals surface area (Å²) in [7, 11) is 1.63. The molecule has 0 saturated heterocycles. The van der Waals surface area contributed by atoms with Crippen molar-refractivity contribution in [2.24, 2.45) is 0 Å². The van der Waals surface area contributed by atoms with Crippen LogP contribution in [-0.2, 0) is 0 Å². The van der Waals surface area contributed by atoms with Crippen molar-refractivity contribution in [3.8, 4) is 34.2 Å². The summed E-state index contributed by atoms with van der Waals surface area (Å²) < 4.78 is 5.18. The predicted octanol–water partition coefficient (Wildman–Crippen LogP) is 6.55. The third-order valence-electron chi connectivity index (χ3n) is 4.57. The van der Waals surface area contributed by atoms with Gasteiger partial charge in [-0.05, 0) is 34.9 Å². The quantitative estimate of drug-likeness (QED) is 0.361. The predicted molar refractivity (Wildman–Crippen MR) is 119 cm³/mol. The highest BCUT2D eigenvalue weighted by Crippen LogP contribution is 2.29. The smallest absolute Gasteiger partial charge is 0.134 e. The largest absolute Gasteiger partial charge is 0.497 e.